The molecule has 0 aromatic heterocycles. The zero-order valence-electron chi connectivity index (χ0n) is 9.37. The van der Waals surface area contributed by atoms with Crippen LogP contribution in [0.15, 0.2) is 39.3 Å². The van der Waals surface area contributed by atoms with Crippen molar-refractivity contribution in [2.75, 3.05) is 0 Å². The Morgan fingerprint density at radius 2 is 1.37 bits per heavy atom. The van der Waals surface area contributed by atoms with Crippen molar-refractivity contribution in [3.8, 4) is 5.75 Å². The van der Waals surface area contributed by atoms with Crippen LogP contribution in [0.2, 0.25) is 0 Å². The second kappa shape index (κ2) is 4.28. The third-order valence-corrected chi connectivity index (χ3v) is 4.27. The molecule has 1 aliphatic rings. The average Bonchev–Trinajstić information content (AvgIpc) is 2.40. The number of rotatable bonds is 0. The first kappa shape index (κ1) is 12.6. The van der Waals surface area contributed by atoms with Crippen molar-refractivity contribution in [1.29, 1.82) is 0 Å². The van der Waals surface area contributed by atoms with E-state index in [1.165, 1.54) is 6.07 Å². The lowest BCUT2D eigenvalue weighted by Crippen LogP contribution is -2.23. The summed E-state index contributed by atoms with van der Waals surface area (Å²) >= 11 is 6.35. The molecule has 0 radical (unpaired) electrons. The summed E-state index contributed by atoms with van der Waals surface area (Å²) in [5.41, 5.74) is 0.700. The van der Waals surface area contributed by atoms with Gasteiger partial charge in [-0.05, 0) is 22.0 Å². The van der Waals surface area contributed by atoms with Crippen molar-refractivity contribution in [1.82, 2.24) is 0 Å². The molecule has 0 fully saturated rings. The van der Waals surface area contributed by atoms with Gasteiger partial charge in [0, 0.05) is 31.2 Å². The molecule has 0 unspecified atom stereocenters. The minimum absolute atomic E-state index is 0.0649. The highest BCUT2D eigenvalue weighted by Gasteiger charge is 2.32. The van der Waals surface area contributed by atoms with Gasteiger partial charge in [-0.15, -0.1) is 0 Å². The Morgan fingerprint density at radius 3 is 1.95 bits per heavy atom. The molecule has 0 saturated carbocycles. The molecule has 0 atom stereocenters. The first-order chi connectivity index (χ1) is 9.02. The Kier molecular flexibility index (Phi) is 2.83. The van der Waals surface area contributed by atoms with E-state index in [2.05, 4.69) is 31.9 Å². The van der Waals surface area contributed by atoms with Gasteiger partial charge in [-0.1, -0.05) is 45.9 Å². The molecule has 94 valence electrons. The van der Waals surface area contributed by atoms with Crippen molar-refractivity contribution < 1.29 is 14.7 Å². The van der Waals surface area contributed by atoms with E-state index in [-0.39, 0.29) is 26.9 Å². The summed E-state index contributed by atoms with van der Waals surface area (Å²) < 4.78 is 0.709. The topological polar surface area (TPSA) is 57.2 Å². The van der Waals surface area contributed by atoms with Crippen LogP contribution in [-0.2, 0) is 0 Å². The highest BCUT2D eigenvalue weighted by atomic mass is 79.9. The predicted molar refractivity (Wildman–Crippen MR) is 74.6 cm³/mol. The van der Waals surface area contributed by atoms with Gasteiger partial charge in [0.05, 0.1) is 0 Å². The van der Waals surface area contributed by atoms with Crippen LogP contribution in [-0.4, -0.2) is 11.6 Å². The van der Waals surface area contributed by atoms with E-state index in [0.717, 1.165) is 0 Å². The fourth-order valence-corrected chi connectivity index (χ4v) is 3.53. The largest absolute Gasteiger partial charge is 0.871 e. The van der Waals surface area contributed by atoms with Gasteiger partial charge in [0.25, 0.3) is 0 Å². The molecule has 5 heteroatoms. The van der Waals surface area contributed by atoms with E-state index in [9.17, 15) is 14.7 Å². The van der Waals surface area contributed by atoms with Gasteiger partial charge in [-0.3, -0.25) is 9.59 Å². The number of carbonyl (C=O) groups excluding carboxylic acids is 2. The lowest BCUT2D eigenvalue weighted by molar-refractivity contribution is -0.269. The van der Waals surface area contributed by atoms with Crippen LogP contribution in [0.3, 0.4) is 0 Å². The number of ketones is 2. The van der Waals surface area contributed by atoms with E-state index < -0.39 is 11.5 Å². The maximum absolute atomic E-state index is 12.4. The number of carbonyl (C=O) groups is 2. The van der Waals surface area contributed by atoms with Crippen LogP contribution in [0.1, 0.15) is 31.8 Å². The van der Waals surface area contributed by atoms with Gasteiger partial charge in [0.1, 0.15) is 0 Å². The molecule has 0 N–H and O–H groups in total. The van der Waals surface area contributed by atoms with Crippen LogP contribution < -0.4 is 5.11 Å². The summed E-state index contributed by atoms with van der Waals surface area (Å²) in [5.74, 6) is -1.16. The lowest BCUT2D eigenvalue weighted by Gasteiger charge is -2.24. The van der Waals surface area contributed by atoms with Gasteiger partial charge in [-0.2, -0.15) is 0 Å². The number of benzene rings is 2. The Bertz CT molecular complexity index is 751. The highest BCUT2D eigenvalue weighted by molar-refractivity contribution is 9.11. The van der Waals surface area contributed by atoms with Gasteiger partial charge < -0.3 is 5.11 Å². The van der Waals surface area contributed by atoms with Crippen molar-refractivity contribution >= 4 is 43.4 Å². The molecule has 0 amide bonds. The van der Waals surface area contributed by atoms with E-state index in [0.29, 0.717) is 10.0 Å². The monoisotopic (exact) mass is 379 g/mol. The third-order valence-electron chi connectivity index (χ3n) is 3.06. The van der Waals surface area contributed by atoms with Gasteiger partial charge in [-0.25, -0.2) is 0 Å². The lowest BCUT2D eigenvalue weighted by atomic mass is 9.84. The molecule has 0 spiro atoms. The van der Waals surface area contributed by atoms with Crippen LogP contribution in [0, 0.1) is 0 Å². The number of halogens is 2. The maximum atomic E-state index is 12.4. The van der Waals surface area contributed by atoms with Gasteiger partial charge in [0.15, 0.2) is 11.6 Å². The minimum Gasteiger partial charge on any atom is -0.871 e. The number of hydrogen-bond acceptors (Lipinski definition) is 3. The fraction of sp³-hybridized carbons (Fsp3) is 0. The zero-order chi connectivity index (χ0) is 13.7. The van der Waals surface area contributed by atoms with E-state index >= 15 is 0 Å². The second-order valence-electron chi connectivity index (χ2n) is 4.12. The number of fused-ring (bicyclic) bond motifs is 2. The normalized spacial score (nSPS) is 13.2. The van der Waals surface area contributed by atoms with Crippen LogP contribution in [0.4, 0.5) is 0 Å². The average molecular weight is 381 g/mol. The van der Waals surface area contributed by atoms with E-state index in [1.807, 2.05) is 0 Å². The molecule has 19 heavy (non-hydrogen) atoms. The standard InChI is InChI=1S/C14H6Br2O3/c15-8-5-9(16)14(19)11-10(8)12(17)6-3-1-2-4-7(6)13(11)18/h1-5,19H/p-1. The first-order valence-corrected chi connectivity index (χ1v) is 6.98. The van der Waals surface area contributed by atoms with E-state index in [1.54, 1.807) is 24.3 Å². The second-order valence-corrected chi connectivity index (χ2v) is 5.83. The Hall–Kier alpha value is -1.46. The SMILES string of the molecule is O=C1c2ccccc2C(=O)c2c([O-])c(Br)cc(Br)c21. The predicted octanol–water partition coefficient (Wildman–Crippen LogP) is 3.06. The molecule has 1 aliphatic carbocycles. The van der Waals surface area contributed by atoms with Gasteiger partial charge in [0.2, 0.25) is 0 Å². The molecule has 0 aliphatic heterocycles. The Morgan fingerprint density at radius 1 is 0.842 bits per heavy atom. The summed E-state index contributed by atoms with van der Waals surface area (Å²) in [6, 6.07) is 8.02. The summed E-state index contributed by atoms with van der Waals surface area (Å²) in [5, 5.41) is 12.1. The zero-order valence-corrected chi connectivity index (χ0v) is 12.5. The number of hydrogen-bond donors (Lipinski definition) is 0. The maximum Gasteiger partial charge on any atom is 0.195 e. The molecule has 0 bridgehead atoms. The summed E-state index contributed by atoms with van der Waals surface area (Å²) in [6.07, 6.45) is 0. The quantitative estimate of drug-likeness (QED) is 0.602. The Labute approximate surface area is 125 Å². The first-order valence-electron chi connectivity index (χ1n) is 5.40. The molecular formula is C14H5Br2O3-. The molecule has 3 rings (SSSR count). The summed E-state index contributed by atoms with van der Waals surface area (Å²) in [7, 11) is 0. The smallest absolute Gasteiger partial charge is 0.195 e. The van der Waals surface area contributed by atoms with Gasteiger partial charge >= 0.3 is 0 Å². The van der Waals surface area contributed by atoms with Crippen LogP contribution in [0.25, 0.3) is 0 Å². The van der Waals surface area contributed by atoms with Crippen LogP contribution in [0.5, 0.6) is 5.75 Å². The van der Waals surface area contributed by atoms with Crippen molar-refractivity contribution in [3.63, 3.8) is 0 Å². The minimum atomic E-state index is -0.453. The fourth-order valence-electron chi connectivity index (χ4n) is 2.19. The molecular weight excluding hydrogens is 376 g/mol. The summed E-state index contributed by atoms with van der Waals surface area (Å²) in [4.78, 5) is 24.8. The molecule has 0 heterocycles. The molecule has 2 aromatic rings. The molecule has 0 saturated heterocycles. The molecule has 2 aromatic carbocycles. The van der Waals surface area contributed by atoms with Crippen molar-refractivity contribution in [2.24, 2.45) is 0 Å². The summed E-state index contributed by atoms with van der Waals surface area (Å²) in [6.45, 7) is 0. The van der Waals surface area contributed by atoms with Crippen LogP contribution >= 0.6 is 31.9 Å². The third kappa shape index (κ3) is 1.69. The van der Waals surface area contributed by atoms with E-state index in [4.69, 9.17) is 0 Å². The highest BCUT2D eigenvalue weighted by Crippen LogP contribution is 2.39. The van der Waals surface area contributed by atoms with Crippen molar-refractivity contribution in [3.05, 3.63) is 61.5 Å². The Balaban J connectivity index is 2.43. The van der Waals surface area contributed by atoms with Crippen molar-refractivity contribution in [2.45, 2.75) is 0 Å². The molecule has 3 nitrogen and oxygen atoms in total.